The number of hydrogen-bond donors (Lipinski definition) is 7. The largest absolute Gasteiger partial charge is 0.490 e. The number of phosphoric ester groups is 1. The number of nitrogens with one attached hydrogen (secondary N) is 1. The van der Waals surface area contributed by atoms with Crippen LogP contribution in [0.5, 0.6) is 0 Å². The Morgan fingerprint density at radius 1 is 1.03 bits per heavy atom. The highest BCUT2D eigenvalue weighted by Gasteiger charge is 2.50. The van der Waals surface area contributed by atoms with Gasteiger partial charge in [0.25, 0.3) is 0 Å². The third kappa shape index (κ3) is 6.80. The van der Waals surface area contributed by atoms with Gasteiger partial charge in [-0.15, -0.1) is 0 Å². The van der Waals surface area contributed by atoms with E-state index >= 15 is 0 Å². The van der Waals surface area contributed by atoms with Crippen LogP contribution >= 0.6 is 23.5 Å². The Balaban J connectivity index is 2.00. The van der Waals surface area contributed by atoms with Crippen LogP contribution in [0.25, 0.3) is 0 Å². The van der Waals surface area contributed by atoms with Crippen molar-refractivity contribution in [1.29, 1.82) is 0 Å². The fourth-order valence-electron chi connectivity index (χ4n) is 2.35. The predicted octanol–water partition coefficient (Wildman–Crippen LogP) is -2.24. The number of nitrogens with zero attached hydrogens (tertiary/aromatic N) is 1. The highest BCUT2D eigenvalue weighted by Crippen LogP contribution is 2.66. The summed E-state index contributed by atoms with van der Waals surface area (Å²) < 4.78 is 49.9. The van der Waals surface area contributed by atoms with Crippen LogP contribution in [0.2, 0.25) is 0 Å². The number of rotatable bonds is 8. The number of carbonyl (C=O) groups excluding carboxylic acids is 2. The second-order valence-corrected chi connectivity index (χ2v) is 10.0. The number of ether oxygens (including phenoxy) is 1. The van der Waals surface area contributed by atoms with E-state index in [0.717, 1.165) is 6.21 Å². The Morgan fingerprint density at radius 2 is 1.66 bits per heavy atom. The van der Waals surface area contributed by atoms with E-state index in [1.807, 2.05) is 5.32 Å². The molecule has 7 N–H and O–H groups in total. The quantitative estimate of drug-likeness (QED) is 0.179. The Hall–Kier alpha value is -0.900. The molecule has 2 rings (SSSR count). The summed E-state index contributed by atoms with van der Waals surface area (Å²) >= 11 is 0. The van der Waals surface area contributed by atoms with Crippen LogP contribution in [-0.2, 0) is 36.4 Å². The van der Waals surface area contributed by atoms with E-state index in [1.54, 1.807) is 0 Å². The van der Waals surface area contributed by atoms with Crippen LogP contribution in [0.1, 0.15) is 0 Å². The average molecular weight is 484 g/mol. The van der Waals surface area contributed by atoms with Crippen molar-refractivity contribution in [1.82, 2.24) is 5.32 Å². The minimum Gasteiger partial charge on any atom is -0.388 e. The molecule has 17 nitrogen and oxygen atoms in total. The number of carbonyl (C=O) groups is 2. The van der Waals surface area contributed by atoms with Gasteiger partial charge in [-0.1, -0.05) is 0 Å². The molecule has 20 heteroatoms. The maximum atomic E-state index is 11.8. The first-order valence-electron chi connectivity index (χ1n) is 7.29. The Labute approximate surface area is 160 Å². The molecule has 0 aromatic rings. The monoisotopic (exact) mass is 484 g/mol. The molecule has 0 aromatic heterocycles. The fraction of sp³-hybridized carbons (Fsp3) is 0.667. The van der Waals surface area contributed by atoms with E-state index in [-0.39, 0.29) is 0 Å². The van der Waals surface area contributed by atoms with Crippen LogP contribution in [0.4, 0.5) is 4.79 Å². The summed E-state index contributed by atoms with van der Waals surface area (Å²) in [5.74, 6) is -2.19. The van der Waals surface area contributed by atoms with Crippen LogP contribution in [0, 0.1) is 5.92 Å². The lowest BCUT2D eigenvalue weighted by atomic mass is 9.95. The topological polar surface area (TPSA) is 268 Å². The van der Waals surface area contributed by atoms with Crippen molar-refractivity contribution in [3.05, 3.63) is 0 Å². The van der Waals surface area contributed by atoms with E-state index in [0.29, 0.717) is 0 Å². The molecule has 0 aliphatic carbocycles. The van der Waals surface area contributed by atoms with E-state index in [4.69, 9.17) is 19.4 Å². The lowest BCUT2D eigenvalue weighted by Gasteiger charge is -2.23. The van der Waals surface area contributed by atoms with Gasteiger partial charge in [0.1, 0.15) is 30.3 Å². The minimum atomic E-state index is -5.73. The van der Waals surface area contributed by atoms with Crippen molar-refractivity contribution in [2.24, 2.45) is 10.9 Å². The molecular weight excluding hydrogens is 469 g/mol. The van der Waals surface area contributed by atoms with Crippen molar-refractivity contribution in [3.63, 3.8) is 0 Å². The number of urea groups is 1. The first kappa shape index (κ1) is 24.4. The number of aliphatic hydroxyl groups excluding tert-OH is 2. The molecule has 0 saturated carbocycles. The van der Waals surface area contributed by atoms with Gasteiger partial charge in [-0.05, 0) is 0 Å². The van der Waals surface area contributed by atoms with E-state index in [2.05, 4.69) is 18.1 Å². The molecule has 3 unspecified atom stereocenters. The smallest absolute Gasteiger partial charge is 0.388 e. The number of phosphoric acid groups is 3. The third-order valence-electron chi connectivity index (χ3n) is 3.46. The van der Waals surface area contributed by atoms with Crippen LogP contribution in [0.3, 0.4) is 0 Å². The fourth-order valence-corrected chi connectivity index (χ4v) is 5.38. The molecular formula is C9H15N2O15P3. The zero-order valence-corrected chi connectivity index (χ0v) is 16.5. The van der Waals surface area contributed by atoms with Gasteiger partial charge < -0.3 is 34.5 Å². The summed E-state index contributed by atoms with van der Waals surface area (Å²) in [6, 6.07) is -0.955. The van der Waals surface area contributed by atoms with Crippen molar-refractivity contribution in [3.8, 4) is 0 Å². The van der Waals surface area contributed by atoms with Gasteiger partial charge in [0.2, 0.25) is 5.91 Å². The summed E-state index contributed by atoms with van der Waals surface area (Å²) in [6.45, 7) is -1.04. The van der Waals surface area contributed by atoms with E-state index in [1.165, 1.54) is 0 Å². The van der Waals surface area contributed by atoms with Crippen LogP contribution in [0.15, 0.2) is 4.99 Å². The maximum absolute atomic E-state index is 11.8. The second kappa shape index (κ2) is 8.69. The summed E-state index contributed by atoms with van der Waals surface area (Å²) in [5.41, 5.74) is 0. The first-order chi connectivity index (χ1) is 13.1. The highest BCUT2D eigenvalue weighted by atomic mass is 31.3. The molecule has 2 aliphatic heterocycles. The standard InChI is InChI=1S/C9H15N2O15P3/c12-5-4(2-23-28(19,20)26-29(21,22)25-27(16,17)18)24-7(6(5)13)3-1-10-9(15)11-8(3)14/h1,3-7,12-13H,2H2,(H,19,20)(H,21,22)(H,11,14,15)(H2,16,17,18)/t3?,4-,5-,6-,7+/m1/s1. The molecule has 166 valence electrons. The number of hydrogen-bond acceptors (Lipinski definition) is 11. The molecule has 7 atom stereocenters. The van der Waals surface area contributed by atoms with Crippen molar-refractivity contribution in [2.75, 3.05) is 6.61 Å². The number of amides is 3. The molecule has 29 heavy (non-hydrogen) atoms. The van der Waals surface area contributed by atoms with Gasteiger partial charge in [0, 0.05) is 6.21 Å². The van der Waals surface area contributed by atoms with Crippen LogP contribution in [-0.4, -0.2) is 79.0 Å². The summed E-state index contributed by atoms with van der Waals surface area (Å²) in [5, 5.41) is 21.8. The minimum absolute atomic E-state index is 0.868. The van der Waals surface area contributed by atoms with Crippen molar-refractivity contribution < 1.29 is 71.0 Å². The molecule has 1 saturated heterocycles. The van der Waals surface area contributed by atoms with Crippen molar-refractivity contribution >= 4 is 41.6 Å². The number of imide groups is 1. The molecule has 2 aliphatic rings. The lowest BCUT2D eigenvalue weighted by Crippen LogP contribution is -2.48. The van der Waals surface area contributed by atoms with Gasteiger partial charge in [0.05, 0.1) is 6.61 Å². The molecule has 1 fully saturated rings. The Kier molecular flexibility index (Phi) is 7.30. The van der Waals surface area contributed by atoms with Gasteiger partial charge in [-0.2, -0.15) is 8.62 Å². The Bertz CT molecular complexity index is 839. The molecule has 2 heterocycles. The van der Waals surface area contributed by atoms with Gasteiger partial charge in [-0.25, -0.2) is 23.5 Å². The maximum Gasteiger partial charge on any atom is 0.490 e. The predicted molar refractivity (Wildman–Crippen MR) is 86.0 cm³/mol. The highest BCUT2D eigenvalue weighted by molar-refractivity contribution is 7.66. The average Bonchev–Trinajstić information content (AvgIpc) is 2.78. The number of aliphatic imine (C=N–C) groups is 1. The Morgan fingerprint density at radius 3 is 2.21 bits per heavy atom. The molecule has 0 aromatic carbocycles. The van der Waals surface area contributed by atoms with E-state index in [9.17, 15) is 38.4 Å². The van der Waals surface area contributed by atoms with Gasteiger partial charge in [0.15, 0.2) is 0 Å². The SMILES string of the molecule is O=C1N=CC([C@@H]2O[C@H](COP(=O)(O)OP(=O)(O)OP(=O)(O)O)[C@@H](O)[C@H]2O)C(=O)N1. The molecule has 0 radical (unpaired) electrons. The van der Waals surface area contributed by atoms with Gasteiger partial charge >= 0.3 is 29.5 Å². The molecule has 0 spiro atoms. The van der Waals surface area contributed by atoms with Crippen molar-refractivity contribution in [2.45, 2.75) is 24.4 Å². The molecule has 3 amide bonds. The van der Waals surface area contributed by atoms with Crippen LogP contribution < -0.4 is 5.32 Å². The summed E-state index contributed by atoms with van der Waals surface area (Å²) in [6.07, 6.45) is -5.62. The third-order valence-corrected chi connectivity index (χ3v) is 7.26. The second-order valence-electron chi connectivity index (χ2n) is 5.61. The first-order valence-corrected chi connectivity index (χ1v) is 11.8. The molecule has 0 bridgehead atoms. The normalized spacial score (nSPS) is 34.5. The number of aliphatic hydroxyl groups is 2. The van der Waals surface area contributed by atoms with Gasteiger partial charge in [-0.3, -0.25) is 14.6 Å². The zero-order valence-electron chi connectivity index (χ0n) is 13.8. The van der Waals surface area contributed by atoms with E-state index < -0.39 is 72.3 Å². The summed E-state index contributed by atoms with van der Waals surface area (Å²) in [4.78, 5) is 61.3. The zero-order chi connectivity index (χ0) is 22.2. The summed E-state index contributed by atoms with van der Waals surface area (Å²) in [7, 11) is -16.8. The lowest BCUT2D eigenvalue weighted by molar-refractivity contribution is -0.128.